The number of aromatic nitrogens is 1. The molecule has 0 saturated carbocycles. The van der Waals surface area contributed by atoms with Crippen LogP contribution in [0.2, 0.25) is 5.15 Å². The Kier molecular flexibility index (Phi) is 5.63. The van der Waals surface area contributed by atoms with Crippen LogP contribution in [-0.2, 0) is 4.79 Å². The molecule has 1 heterocycles. The molecule has 0 aliphatic rings. The maximum Gasteiger partial charge on any atom is 0.209 e. The molecule has 0 aliphatic heterocycles. The van der Waals surface area contributed by atoms with E-state index < -0.39 is 0 Å². The van der Waals surface area contributed by atoms with Gasteiger partial charge in [0.15, 0.2) is 0 Å². The quantitative estimate of drug-likeness (QED) is 0.545. The van der Waals surface area contributed by atoms with E-state index >= 15 is 0 Å². The van der Waals surface area contributed by atoms with Gasteiger partial charge in [0.25, 0.3) is 0 Å². The van der Waals surface area contributed by atoms with Crippen molar-refractivity contribution in [3.05, 3.63) is 23.4 Å². The highest BCUT2D eigenvalue weighted by atomic mass is 35.5. The van der Waals surface area contributed by atoms with E-state index in [2.05, 4.69) is 4.98 Å². The summed E-state index contributed by atoms with van der Waals surface area (Å²) in [5.74, 6) is 0.456. The Morgan fingerprint density at radius 1 is 1.54 bits per heavy atom. The van der Waals surface area contributed by atoms with Gasteiger partial charge in [-0.3, -0.25) is 4.79 Å². The first-order chi connectivity index (χ1) is 6.06. The molecule has 0 radical (unpaired) electrons. The molecule has 0 saturated heterocycles. The van der Waals surface area contributed by atoms with Crippen molar-refractivity contribution >= 4 is 23.8 Å². The number of carbonyl (C=O) groups excluding carboxylic acids is 1. The van der Waals surface area contributed by atoms with Crippen molar-refractivity contribution in [2.45, 2.75) is 0 Å². The molecule has 0 spiro atoms. The van der Waals surface area contributed by atoms with E-state index in [-0.39, 0.29) is 0 Å². The first-order valence-electron chi connectivity index (χ1n) is 3.56. The van der Waals surface area contributed by atoms with Gasteiger partial charge in [0.1, 0.15) is 11.0 Å². The third-order valence-electron chi connectivity index (χ3n) is 0.947. The number of carbonyl (C=O) groups is 1. The summed E-state index contributed by atoms with van der Waals surface area (Å²) in [5.41, 5.74) is 5.26. The number of nitrogens with zero attached hydrogens (tertiary/aromatic N) is 2. The molecule has 0 aliphatic carbocycles. The fourth-order valence-electron chi connectivity index (χ4n) is 0.424. The topological polar surface area (TPSA) is 59.2 Å². The van der Waals surface area contributed by atoms with Crippen molar-refractivity contribution in [2.24, 2.45) is 0 Å². The lowest BCUT2D eigenvalue weighted by atomic mass is 10.5. The molecular weight excluding hydrogens is 190 g/mol. The molecule has 2 N–H and O–H groups in total. The van der Waals surface area contributed by atoms with E-state index in [0.29, 0.717) is 11.0 Å². The van der Waals surface area contributed by atoms with Crippen LogP contribution in [0.4, 0.5) is 5.82 Å². The van der Waals surface area contributed by atoms with Gasteiger partial charge in [-0.2, -0.15) is 0 Å². The highest BCUT2D eigenvalue weighted by Gasteiger charge is 1.84. The van der Waals surface area contributed by atoms with Gasteiger partial charge in [0.05, 0.1) is 0 Å². The number of nitrogens with two attached hydrogens (primary N) is 1. The summed E-state index contributed by atoms with van der Waals surface area (Å²) in [6.45, 7) is 0. The van der Waals surface area contributed by atoms with Crippen LogP contribution in [0.3, 0.4) is 0 Å². The number of pyridine rings is 1. The highest BCUT2D eigenvalue weighted by molar-refractivity contribution is 6.29. The number of halogens is 1. The van der Waals surface area contributed by atoms with Crippen LogP contribution in [-0.4, -0.2) is 30.4 Å². The van der Waals surface area contributed by atoms with Crippen LogP contribution in [0.25, 0.3) is 0 Å². The van der Waals surface area contributed by atoms with Crippen LogP contribution in [0, 0.1) is 0 Å². The maximum atomic E-state index is 9.43. The first kappa shape index (κ1) is 11.7. The van der Waals surface area contributed by atoms with Crippen LogP contribution in [0.5, 0.6) is 0 Å². The molecule has 13 heavy (non-hydrogen) atoms. The van der Waals surface area contributed by atoms with E-state index in [1.165, 1.54) is 4.90 Å². The predicted molar refractivity (Wildman–Crippen MR) is 53.4 cm³/mol. The summed E-state index contributed by atoms with van der Waals surface area (Å²) in [6.07, 6.45) is 0.750. The van der Waals surface area contributed by atoms with Gasteiger partial charge in [-0.1, -0.05) is 17.7 Å². The first-order valence-corrected chi connectivity index (χ1v) is 3.94. The Bertz CT molecular complexity index is 248. The molecule has 0 fully saturated rings. The monoisotopic (exact) mass is 201 g/mol. The molecule has 0 unspecified atom stereocenters. The molecule has 0 atom stereocenters. The number of amides is 1. The zero-order valence-electron chi connectivity index (χ0n) is 7.57. The minimum absolute atomic E-state index is 0.435. The zero-order chi connectivity index (χ0) is 10.3. The van der Waals surface area contributed by atoms with E-state index in [1.807, 2.05) is 0 Å². The zero-order valence-corrected chi connectivity index (χ0v) is 8.32. The molecule has 0 aromatic carbocycles. The Morgan fingerprint density at radius 3 is 2.31 bits per heavy atom. The summed E-state index contributed by atoms with van der Waals surface area (Å²) in [5, 5.41) is 0.435. The second-order valence-corrected chi connectivity index (χ2v) is 2.84. The highest BCUT2D eigenvalue weighted by Crippen LogP contribution is 2.04. The summed E-state index contributed by atoms with van der Waals surface area (Å²) < 4.78 is 0. The Balaban J connectivity index is 0.000000252. The molecule has 1 amide bonds. The predicted octanol–water partition coefficient (Wildman–Crippen LogP) is 1.02. The Morgan fingerprint density at radius 2 is 2.08 bits per heavy atom. The minimum Gasteiger partial charge on any atom is -0.384 e. The second-order valence-electron chi connectivity index (χ2n) is 2.45. The van der Waals surface area contributed by atoms with E-state index in [0.717, 1.165) is 6.41 Å². The van der Waals surface area contributed by atoms with Crippen LogP contribution >= 0.6 is 11.6 Å². The SMILES string of the molecule is CN(C)C=O.Nc1cccc(Cl)n1. The van der Waals surface area contributed by atoms with Crippen molar-refractivity contribution in [1.29, 1.82) is 0 Å². The van der Waals surface area contributed by atoms with Gasteiger partial charge in [0, 0.05) is 14.1 Å². The average molecular weight is 202 g/mol. The molecule has 1 aromatic rings. The van der Waals surface area contributed by atoms with Crippen molar-refractivity contribution in [3.8, 4) is 0 Å². The summed E-state index contributed by atoms with van der Waals surface area (Å²) >= 11 is 5.45. The van der Waals surface area contributed by atoms with Gasteiger partial charge < -0.3 is 10.6 Å². The molecular formula is C8H12ClN3O. The maximum absolute atomic E-state index is 9.43. The standard InChI is InChI=1S/C5H5ClN2.C3H7NO/c6-4-2-1-3-5(7)8-4;1-4(2)3-5/h1-3H,(H2,7,8);3H,1-2H3. The van der Waals surface area contributed by atoms with Crippen molar-refractivity contribution in [3.63, 3.8) is 0 Å². The lowest BCUT2D eigenvalue weighted by Crippen LogP contribution is -2.06. The second kappa shape index (κ2) is 6.25. The van der Waals surface area contributed by atoms with Gasteiger partial charge in [-0.05, 0) is 12.1 Å². The van der Waals surface area contributed by atoms with Gasteiger partial charge in [0.2, 0.25) is 6.41 Å². The summed E-state index contributed by atoms with van der Waals surface area (Å²) in [6, 6.07) is 5.12. The largest absolute Gasteiger partial charge is 0.384 e. The Labute approximate surface area is 82.3 Å². The average Bonchev–Trinajstić information content (AvgIpc) is 2.05. The van der Waals surface area contributed by atoms with Crippen molar-refractivity contribution in [2.75, 3.05) is 19.8 Å². The molecule has 0 bridgehead atoms. The van der Waals surface area contributed by atoms with Crippen molar-refractivity contribution < 1.29 is 4.79 Å². The summed E-state index contributed by atoms with van der Waals surface area (Å²) in [4.78, 5) is 14.6. The van der Waals surface area contributed by atoms with Gasteiger partial charge in [-0.15, -0.1) is 0 Å². The van der Waals surface area contributed by atoms with Gasteiger partial charge >= 0.3 is 0 Å². The molecule has 5 heteroatoms. The molecule has 72 valence electrons. The molecule has 1 rings (SSSR count). The third kappa shape index (κ3) is 7.08. The van der Waals surface area contributed by atoms with Gasteiger partial charge in [-0.25, -0.2) is 4.98 Å². The smallest absolute Gasteiger partial charge is 0.209 e. The fraction of sp³-hybridized carbons (Fsp3) is 0.250. The van der Waals surface area contributed by atoms with Crippen LogP contribution in [0.1, 0.15) is 0 Å². The molecule has 1 aromatic heterocycles. The number of hydrogen-bond donors (Lipinski definition) is 1. The lowest BCUT2D eigenvalue weighted by molar-refractivity contribution is -0.115. The fourth-order valence-corrected chi connectivity index (χ4v) is 0.594. The number of nitrogen functional groups attached to an aromatic ring is 1. The summed E-state index contributed by atoms with van der Waals surface area (Å²) in [7, 11) is 3.38. The number of hydrogen-bond acceptors (Lipinski definition) is 3. The minimum atomic E-state index is 0.435. The third-order valence-corrected chi connectivity index (χ3v) is 1.16. The van der Waals surface area contributed by atoms with Crippen molar-refractivity contribution in [1.82, 2.24) is 9.88 Å². The van der Waals surface area contributed by atoms with Crippen LogP contribution < -0.4 is 5.73 Å². The van der Waals surface area contributed by atoms with Crippen LogP contribution in [0.15, 0.2) is 18.2 Å². The molecule has 4 nitrogen and oxygen atoms in total. The Hall–Kier alpha value is -1.29. The van der Waals surface area contributed by atoms with E-state index in [9.17, 15) is 4.79 Å². The van der Waals surface area contributed by atoms with E-state index in [4.69, 9.17) is 17.3 Å². The van der Waals surface area contributed by atoms with E-state index in [1.54, 1.807) is 32.3 Å². The lowest BCUT2D eigenvalue weighted by Gasteiger charge is -1.93. The number of anilines is 1. The number of rotatable bonds is 1. The normalized spacial score (nSPS) is 8.23.